The van der Waals surface area contributed by atoms with Crippen LogP contribution in [-0.4, -0.2) is 135 Å². The lowest BCUT2D eigenvalue weighted by Gasteiger charge is -2.32. The van der Waals surface area contributed by atoms with Crippen molar-refractivity contribution in [1.82, 2.24) is 36.8 Å². The van der Waals surface area contributed by atoms with Crippen LogP contribution < -0.4 is 31.9 Å². The molecule has 21 heteroatoms. The first-order valence-corrected chi connectivity index (χ1v) is 21.0. The molecule has 0 spiro atoms. The van der Waals surface area contributed by atoms with Gasteiger partial charge in [0.15, 0.2) is 0 Å². The molecule has 1 heterocycles. The lowest BCUT2D eigenvalue weighted by Crippen LogP contribution is -2.60. The Labute approximate surface area is 368 Å². The number of nitrogens with one attached hydrogen (secondary N) is 6. The standard InChI is InChI=1S/C43H57N7O14/c1-5-10-28(37(58)42(63)44-22-35(56)57)46-41(62)32-15-9-20-50(32)43(64)36(23(2)3)49-40(61)31(21-26-13-8-12-25-11-6-7-14-27(25)26)48-39(60)30(17-19-34(54)55)47-38(59)29(45-24(4)51)16-18-33(52)53/h6-8,11-14,23,28-32,36H,5,9-10,15-22H2,1-4H3,(H,44,63)(H,45,51)(H,46,62)(H,47,59)(H,48,60)(H,49,61)(H,52,53)(H,54,55)(H,56,57)/t28-,29-,30-,31-,32-,36-/m0/s1. The first kappa shape index (κ1) is 51.4. The van der Waals surface area contributed by atoms with Crippen LogP contribution in [0.15, 0.2) is 42.5 Å². The zero-order valence-corrected chi connectivity index (χ0v) is 36.1. The largest absolute Gasteiger partial charge is 0.481 e. The molecule has 9 N–H and O–H groups in total. The van der Waals surface area contributed by atoms with Crippen LogP contribution in [0, 0.1) is 5.92 Å². The van der Waals surface area contributed by atoms with Crippen LogP contribution in [-0.2, 0) is 59.2 Å². The molecule has 0 aromatic heterocycles. The fourth-order valence-corrected chi connectivity index (χ4v) is 7.24. The van der Waals surface area contributed by atoms with Crippen LogP contribution in [0.3, 0.4) is 0 Å². The van der Waals surface area contributed by atoms with E-state index >= 15 is 0 Å². The van der Waals surface area contributed by atoms with Gasteiger partial charge in [-0.25, -0.2) is 0 Å². The summed E-state index contributed by atoms with van der Waals surface area (Å²) in [4.78, 5) is 142. The maximum atomic E-state index is 14.4. The molecular weight excluding hydrogens is 839 g/mol. The van der Waals surface area contributed by atoms with Crippen molar-refractivity contribution in [3.63, 3.8) is 0 Å². The number of benzene rings is 2. The summed E-state index contributed by atoms with van der Waals surface area (Å²) >= 11 is 0. The molecule has 7 amide bonds. The molecule has 1 fully saturated rings. The predicted octanol–water partition coefficient (Wildman–Crippen LogP) is -0.227. The van der Waals surface area contributed by atoms with E-state index in [1.54, 1.807) is 45.0 Å². The second-order valence-electron chi connectivity index (χ2n) is 15.8. The SMILES string of the molecule is CCC[C@H](NC(=O)[C@@H]1CCCN1C(=O)[C@@H](NC(=O)[C@H](Cc1cccc2ccccc12)NC(=O)[C@H](CCC(=O)O)NC(=O)[C@H](CCC(=O)O)NC(C)=O)C(C)C)C(=O)C(=O)NCC(=O)O. The number of ketones is 1. The van der Waals surface area contributed by atoms with Gasteiger partial charge >= 0.3 is 17.9 Å². The molecule has 64 heavy (non-hydrogen) atoms. The molecule has 3 rings (SSSR count). The van der Waals surface area contributed by atoms with Crippen LogP contribution in [0.5, 0.6) is 0 Å². The van der Waals surface area contributed by atoms with Crippen molar-refractivity contribution in [2.24, 2.45) is 5.92 Å². The maximum Gasteiger partial charge on any atom is 0.322 e. The molecule has 2 aromatic carbocycles. The van der Waals surface area contributed by atoms with Gasteiger partial charge in [0.05, 0.1) is 6.04 Å². The number of nitrogens with zero attached hydrogens (tertiary/aromatic N) is 1. The predicted molar refractivity (Wildman–Crippen MR) is 227 cm³/mol. The van der Waals surface area contributed by atoms with Crippen LogP contribution in [0.1, 0.15) is 84.6 Å². The van der Waals surface area contributed by atoms with Gasteiger partial charge in [-0.05, 0) is 54.4 Å². The first-order valence-electron chi connectivity index (χ1n) is 21.0. The van der Waals surface area contributed by atoms with Crippen molar-refractivity contribution in [2.75, 3.05) is 13.1 Å². The van der Waals surface area contributed by atoms with Crippen molar-refractivity contribution in [3.8, 4) is 0 Å². The minimum Gasteiger partial charge on any atom is -0.481 e. The van der Waals surface area contributed by atoms with E-state index in [0.29, 0.717) is 18.4 Å². The fourth-order valence-electron chi connectivity index (χ4n) is 7.24. The third-order valence-electron chi connectivity index (χ3n) is 10.5. The van der Waals surface area contributed by atoms with Gasteiger partial charge in [-0.3, -0.25) is 52.7 Å². The highest BCUT2D eigenvalue weighted by Crippen LogP contribution is 2.23. The topological polar surface area (TPSA) is 324 Å². The Morgan fingerprint density at radius 2 is 1.27 bits per heavy atom. The number of carbonyl (C=O) groups excluding carboxylic acids is 8. The summed E-state index contributed by atoms with van der Waals surface area (Å²) in [7, 11) is 0. The Morgan fingerprint density at radius 1 is 0.688 bits per heavy atom. The lowest BCUT2D eigenvalue weighted by molar-refractivity contribution is -0.145. The zero-order valence-electron chi connectivity index (χ0n) is 36.1. The molecule has 6 atom stereocenters. The van der Waals surface area contributed by atoms with E-state index < -0.39 is 133 Å². The van der Waals surface area contributed by atoms with Gasteiger partial charge in [0.2, 0.25) is 41.2 Å². The highest BCUT2D eigenvalue weighted by molar-refractivity contribution is 6.38. The smallest absolute Gasteiger partial charge is 0.322 e. The van der Waals surface area contributed by atoms with Crippen LogP contribution >= 0.6 is 0 Å². The Kier molecular flexibility index (Phi) is 19.8. The minimum atomic E-state index is -1.59. The molecule has 0 aliphatic carbocycles. The summed E-state index contributed by atoms with van der Waals surface area (Å²) < 4.78 is 0. The summed E-state index contributed by atoms with van der Waals surface area (Å²) in [6.07, 6.45) is -1.16. The molecule has 348 valence electrons. The van der Waals surface area contributed by atoms with Crippen LogP contribution in [0.2, 0.25) is 0 Å². The molecule has 2 aromatic rings. The molecule has 0 saturated carbocycles. The van der Waals surface area contributed by atoms with Crippen LogP contribution in [0.4, 0.5) is 0 Å². The Bertz CT molecular complexity index is 2090. The van der Waals surface area contributed by atoms with Gasteiger partial charge in [-0.15, -0.1) is 0 Å². The number of likely N-dealkylation sites (tertiary alicyclic amines) is 1. The number of aliphatic carboxylic acids is 3. The molecule has 21 nitrogen and oxygen atoms in total. The monoisotopic (exact) mass is 895 g/mol. The number of fused-ring (bicyclic) bond motifs is 1. The van der Waals surface area contributed by atoms with Crippen molar-refractivity contribution in [2.45, 2.75) is 122 Å². The van der Waals surface area contributed by atoms with Gasteiger partial charge in [-0.2, -0.15) is 0 Å². The molecule has 1 aliphatic heterocycles. The number of hydrogen-bond donors (Lipinski definition) is 9. The van der Waals surface area contributed by atoms with E-state index in [0.717, 1.165) is 17.7 Å². The Balaban J connectivity index is 1.94. The van der Waals surface area contributed by atoms with E-state index in [4.69, 9.17) is 5.11 Å². The first-order chi connectivity index (χ1) is 30.2. The molecule has 1 saturated heterocycles. The highest BCUT2D eigenvalue weighted by Gasteiger charge is 2.41. The normalized spacial score (nSPS) is 15.7. The maximum absolute atomic E-state index is 14.4. The quantitative estimate of drug-likeness (QED) is 0.0582. The number of carbonyl (C=O) groups is 11. The van der Waals surface area contributed by atoms with E-state index in [9.17, 15) is 63.0 Å². The molecule has 1 aliphatic rings. The Hall–Kier alpha value is -6.93. The van der Waals surface area contributed by atoms with Gasteiger partial charge in [0, 0.05) is 32.7 Å². The summed E-state index contributed by atoms with van der Waals surface area (Å²) in [5, 5.41) is 43.6. The van der Waals surface area contributed by atoms with Crippen molar-refractivity contribution >= 4 is 75.8 Å². The highest BCUT2D eigenvalue weighted by atomic mass is 16.4. The lowest BCUT2D eigenvalue weighted by atomic mass is 9.96. The van der Waals surface area contributed by atoms with Gasteiger partial charge in [0.25, 0.3) is 5.91 Å². The minimum absolute atomic E-state index is 0.0433. The zero-order chi connectivity index (χ0) is 47.7. The average Bonchev–Trinajstić information content (AvgIpc) is 3.74. The van der Waals surface area contributed by atoms with E-state index in [1.807, 2.05) is 23.5 Å². The van der Waals surface area contributed by atoms with Crippen molar-refractivity contribution in [1.29, 1.82) is 0 Å². The number of amides is 7. The number of rotatable bonds is 25. The third-order valence-corrected chi connectivity index (χ3v) is 10.5. The van der Waals surface area contributed by atoms with Gasteiger partial charge < -0.3 is 52.1 Å². The third kappa shape index (κ3) is 15.5. The molecule has 0 radical (unpaired) electrons. The summed E-state index contributed by atoms with van der Waals surface area (Å²) in [6.45, 7) is 5.38. The summed E-state index contributed by atoms with van der Waals surface area (Å²) in [5.41, 5.74) is 0.598. The second-order valence-corrected chi connectivity index (χ2v) is 15.8. The molecule has 0 bridgehead atoms. The van der Waals surface area contributed by atoms with Crippen molar-refractivity contribution < 1.29 is 68.1 Å². The second kappa shape index (κ2) is 24.6. The Morgan fingerprint density at radius 3 is 1.84 bits per heavy atom. The van der Waals surface area contributed by atoms with Gasteiger partial charge in [-0.1, -0.05) is 69.7 Å². The average molecular weight is 896 g/mol. The summed E-state index contributed by atoms with van der Waals surface area (Å²) in [5.74, 6) is -11.7. The van der Waals surface area contributed by atoms with Crippen molar-refractivity contribution in [3.05, 3.63) is 48.0 Å². The van der Waals surface area contributed by atoms with E-state index in [2.05, 4.69) is 26.6 Å². The molecular formula is C43H57N7O14. The van der Waals surface area contributed by atoms with Gasteiger partial charge in [0.1, 0.15) is 36.8 Å². The molecule has 0 unspecified atom stereocenters. The number of carboxylic acid groups (broad SMARTS) is 3. The van der Waals surface area contributed by atoms with Crippen LogP contribution in [0.25, 0.3) is 10.8 Å². The number of carboxylic acids is 3. The number of hydrogen-bond acceptors (Lipinski definition) is 11. The van der Waals surface area contributed by atoms with E-state index in [-0.39, 0.29) is 32.2 Å². The number of Topliss-reactive ketones (excluding diaryl/α,β-unsaturated/α-hetero) is 1. The fraction of sp³-hybridized carbons (Fsp3) is 0.512. The van der Waals surface area contributed by atoms with E-state index in [1.165, 1.54) is 4.90 Å². The summed E-state index contributed by atoms with van der Waals surface area (Å²) in [6, 6.07) is 4.37.